The monoisotopic (exact) mass is 483 g/mol. The van der Waals surface area contributed by atoms with Gasteiger partial charge in [-0.1, -0.05) is 39.3 Å². The Morgan fingerprint density at radius 2 is 1.91 bits per heavy atom. The number of fused-ring (bicyclic) bond motifs is 6. The van der Waals surface area contributed by atoms with Gasteiger partial charge in [0.25, 0.3) is 0 Å². The molecular weight excluding hydrogens is 434 g/mol. The van der Waals surface area contributed by atoms with Crippen LogP contribution in [0.25, 0.3) is 0 Å². The van der Waals surface area contributed by atoms with Crippen molar-refractivity contribution in [1.82, 2.24) is 5.32 Å². The fraction of sp³-hybridized carbons (Fsp3) is 0.833. The Balaban J connectivity index is 0.00000253. The van der Waals surface area contributed by atoms with Crippen LogP contribution in [0.4, 0.5) is 0 Å². The zero-order valence-electron chi connectivity index (χ0n) is 21.7. The molecule has 0 aromatic carbocycles. The fourth-order valence-corrected chi connectivity index (χ4v) is 9.84. The number of carbonyl (C=O) groups excluding carboxylic acids is 1. The summed E-state index contributed by atoms with van der Waals surface area (Å²) in [5.74, 6) is 3.60. The van der Waals surface area contributed by atoms with Gasteiger partial charge in [-0.3, -0.25) is 4.79 Å². The van der Waals surface area contributed by atoms with E-state index in [0.717, 1.165) is 37.4 Å². The molecule has 5 nitrogen and oxygen atoms in total. The number of amides is 1. The van der Waals surface area contributed by atoms with Gasteiger partial charge in [0.05, 0.1) is 11.7 Å². The van der Waals surface area contributed by atoms with E-state index in [1.165, 1.54) is 38.5 Å². The summed E-state index contributed by atoms with van der Waals surface area (Å²) in [6, 6.07) is 0.515. The van der Waals surface area contributed by atoms with Crippen molar-refractivity contribution in [3.63, 3.8) is 0 Å². The van der Waals surface area contributed by atoms with Crippen molar-refractivity contribution >= 4 is 5.91 Å². The molecule has 4 aliphatic carbocycles. The zero-order chi connectivity index (χ0) is 24.0. The second kappa shape index (κ2) is 8.62. The van der Waals surface area contributed by atoms with Crippen LogP contribution in [0.2, 0.25) is 0 Å². The van der Waals surface area contributed by atoms with Crippen molar-refractivity contribution in [2.75, 3.05) is 6.54 Å². The predicted molar refractivity (Wildman–Crippen MR) is 141 cm³/mol. The van der Waals surface area contributed by atoms with Crippen LogP contribution in [0.5, 0.6) is 0 Å². The Morgan fingerprint density at radius 3 is 2.66 bits per heavy atom. The minimum absolute atomic E-state index is 0. The zero-order valence-corrected chi connectivity index (χ0v) is 21.7. The Labute approximate surface area is 212 Å². The van der Waals surface area contributed by atoms with Gasteiger partial charge in [0.2, 0.25) is 5.91 Å². The summed E-state index contributed by atoms with van der Waals surface area (Å²) < 4.78 is 7.02. The number of nitrogens with two attached hydrogens (primary N) is 2. The molecule has 0 radical (unpaired) electrons. The van der Waals surface area contributed by atoms with Gasteiger partial charge < -0.3 is 21.5 Å². The molecule has 2 saturated carbocycles. The molecular formula is C30H49N3O2. The normalized spacial score (nSPS) is 49.0. The average Bonchev–Trinajstić information content (AvgIpc) is 3.24. The van der Waals surface area contributed by atoms with Crippen molar-refractivity contribution in [3.05, 3.63) is 22.4 Å². The van der Waals surface area contributed by atoms with Gasteiger partial charge in [-0.2, -0.15) is 0 Å². The topological polar surface area (TPSA) is 90.4 Å². The number of ether oxygens (including phenoxy) is 1. The summed E-state index contributed by atoms with van der Waals surface area (Å²) >= 11 is 0. The lowest BCUT2D eigenvalue weighted by Crippen LogP contribution is -2.48. The highest BCUT2D eigenvalue weighted by Gasteiger charge is 2.59. The molecule has 5 N–H and O–H groups in total. The van der Waals surface area contributed by atoms with Crippen LogP contribution < -0.4 is 16.8 Å². The molecule has 1 spiro atoms. The summed E-state index contributed by atoms with van der Waals surface area (Å²) in [6.07, 6.45) is 10.5. The van der Waals surface area contributed by atoms with Gasteiger partial charge in [-0.05, 0) is 106 Å². The van der Waals surface area contributed by atoms with E-state index in [2.05, 4.69) is 33.0 Å². The number of allylic oxidation sites excluding steroid dienone is 2. The highest BCUT2D eigenvalue weighted by molar-refractivity contribution is 5.93. The van der Waals surface area contributed by atoms with E-state index >= 15 is 0 Å². The quantitative estimate of drug-likeness (QED) is 0.455. The molecule has 6 rings (SSSR count). The van der Waals surface area contributed by atoms with E-state index in [9.17, 15) is 4.79 Å². The van der Waals surface area contributed by atoms with E-state index in [0.29, 0.717) is 47.3 Å². The Hall–Kier alpha value is -1.33. The predicted octanol–water partition coefficient (Wildman–Crippen LogP) is 5.06. The maximum Gasteiger partial charge on any atom is 0.246 e. The Bertz CT molecular complexity index is 955. The smallest absolute Gasteiger partial charge is 0.246 e. The molecule has 0 bridgehead atoms. The third-order valence-electron chi connectivity index (χ3n) is 11.7. The lowest BCUT2D eigenvalue weighted by Gasteiger charge is -2.52. The summed E-state index contributed by atoms with van der Waals surface area (Å²) in [4.78, 5) is 12.2. The van der Waals surface area contributed by atoms with Crippen LogP contribution in [0.15, 0.2) is 22.4 Å². The molecule has 35 heavy (non-hydrogen) atoms. The number of hydrogen-bond donors (Lipinski definition) is 3. The summed E-state index contributed by atoms with van der Waals surface area (Å²) in [7, 11) is 0. The number of primary amides is 1. The van der Waals surface area contributed by atoms with E-state index in [1.54, 1.807) is 11.1 Å². The maximum atomic E-state index is 12.2. The van der Waals surface area contributed by atoms with Crippen LogP contribution >= 0.6 is 0 Å². The number of rotatable bonds is 1. The SMILES string of the molecule is C.CC1=C2CC3C(CCC4CC(N)=C(C(N)=O)CC43C)C2CCC2(C1)OC1C[C@H](C)CNC1C2C. The molecule has 2 aliphatic heterocycles. The second-order valence-corrected chi connectivity index (χ2v) is 13.4. The van der Waals surface area contributed by atoms with Gasteiger partial charge in [0.1, 0.15) is 0 Å². The first-order valence-electron chi connectivity index (χ1n) is 14.0. The first-order valence-corrected chi connectivity index (χ1v) is 14.0. The minimum atomic E-state index is -0.305. The van der Waals surface area contributed by atoms with Crippen molar-refractivity contribution in [1.29, 1.82) is 0 Å². The van der Waals surface area contributed by atoms with Crippen LogP contribution in [0.3, 0.4) is 0 Å². The number of hydrogen-bond acceptors (Lipinski definition) is 4. The summed E-state index contributed by atoms with van der Waals surface area (Å²) in [6.45, 7) is 10.8. The molecule has 5 heteroatoms. The largest absolute Gasteiger partial charge is 0.402 e. The molecule has 6 aliphatic rings. The van der Waals surface area contributed by atoms with Gasteiger partial charge in [-0.25, -0.2) is 0 Å². The summed E-state index contributed by atoms with van der Waals surface area (Å²) in [5, 5.41) is 3.84. The van der Waals surface area contributed by atoms with E-state index < -0.39 is 0 Å². The molecule has 2 heterocycles. The molecule has 10 atom stereocenters. The van der Waals surface area contributed by atoms with Crippen LogP contribution in [0, 0.1) is 40.9 Å². The van der Waals surface area contributed by atoms with Gasteiger partial charge >= 0.3 is 0 Å². The van der Waals surface area contributed by atoms with E-state index in [4.69, 9.17) is 16.2 Å². The van der Waals surface area contributed by atoms with E-state index in [1.807, 2.05) is 0 Å². The minimum Gasteiger partial charge on any atom is -0.402 e. The molecule has 196 valence electrons. The van der Waals surface area contributed by atoms with Crippen LogP contribution in [-0.4, -0.2) is 30.2 Å². The maximum absolute atomic E-state index is 12.2. The molecule has 9 unspecified atom stereocenters. The fourth-order valence-electron chi connectivity index (χ4n) is 9.84. The van der Waals surface area contributed by atoms with Crippen LogP contribution in [-0.2, 0) is 9.53 Å². The first kappa shape index (κ1) is 25.3. The lowest BCUT2D eigenvalue weighted by molar-refractivity contribution is -0.116. The molecule has 2 saturated heterocycles. The van der Waals surface area contributed by atoms with Gasteiger partial charge in [0, 0.05) is 23.2 Å². The lowest BCUT2D eigenvalue weighted by atomic mass is 9.52. The second-order valence-electron chi connectivity index (χ2n) is 13.4. The van der Waals surface area contributed by atoms with Gasteiger partial charge in [-0.15, -0.1) is 0 Å². The standard InChI is InChI=1S/C29H45N3O2.CH4/c1-15-9-25-26(32-14-15)17(3)29(34-25)8-7-19-20-6-5-18-10-24(30)22(27(31)33)13-28(18,4)23(20)11-21(19)16(2)12-29;/h15,17-20,23,25-26,32H,5-14,30H2,1-4H3,(H2,31,33);1H4/t15-,17?,18?,19?,20?,23?,25?,26?,28?,29?;/m0./s1. The first-order chi connectivity index (χ1) is 16.1. The van der Waals surface area contributed by atoms with Crippen LogP contribution in [0.1, 0.15) is 92.9 Å². The number of carbonyl (C=O) groups is 1. The number of piperidine rings is 1. The average molecular weight is 484 g/mol. The third kappa shape index (κ3) is 3.66. The van der Waals surface area contributed by atoms with E-state index in [-0.39, 0.29) is 24.3 Å². The summed E-state index contributed by atoms with van der Waals surface area (Å²) in [5.41, 5.74) is 17.1. The Kier molecular flexibility index (Phi) is 6.23. The van der Waals surface area contributed by atoms with Gasteiger partial charge in [0.15, 0.2) is 0 Å². The molecule has 4 fully saturated rings. The number of nitrogens with one attached hydrogen (secondary N) is 1. The van der Waals surface area contributed by atoms with Crippen molar-refractivity contribution in [3.8, 4) is 0 Å². The van der Waals surface area contributed by atoms with Crippen molar-refractivity contribution in [2.45, 2.75) is 111 Å². The Morgan fingerprint density at radius 1 is 1.14 bits per heavy atom. The highest BCUT2D eigenvalue weighted by Crippen LogP contribution is 2.65. The third-order valence-corrected chi connectivity index (χ3v) is 11.7. The molecule has 1 amide bonds. The highest BCUT2D eigenvalue weighted by atomic mass is 16.5. The van der Waals surface area contributed by atoms with Crippen molar-refractivity contribution < 1.29 is 9.53 Å². The molecule has 0 aromatic rings. The van der Waals surface area contributed by atoms with Crippen molar-refractivity contribution in [2.24, 2.45) is 52.4 Å². The molecule has 0 aromatic heterocycles.